The van der Waals surface area contributed by atoms with E-state index in [0.29, 0.717) is 138 Å². The molecule has 362 valence electrons. The maximum atomic E-state index is 12.6. The largest absolute Gasteiger partial charge is 0.380 e. The zero-order chi connectivity index (χ0) is 46.6. The Morgan fingerprint density at radius 1 is 0.377 bits per heavy atom. The lowest BCUT2D eigenvalue weighted by Gasteiger charge is -2.28. The molecule has 0 spiro atoms. The highest BCUT2D eigenvalue weighted by molar-refractivity contribution is 5.76. The third-order valence-corrected chi connectivity index (χ3v) is 9.98. The Hall–Kier alpha value is -1.99. The van der Waals surface area contributed by atoms with E-state index in [1.54, 1.807) is 0 Å². The van der Waals surface area contributed by atoms with Gasteiger partial charge in [0.2, 0.25) is 17.7 Å². The molecule has 0 bridgehead atoms. The molecular weight excluding hydrogens is 783 g/mol. The Morgan fingerprint density at radius 2 is 0.607 bits per heavy atom. The summed E-state index contributed by atoms with van der Waals surface area (Å²) < 4.78 is 35.2. The van der Waals surface area contributed by atoms with E-state index >= 15 is 0 Å². The van der Waals surface area contributed by atoms with Crippen LogP contribution < -0.4 is 33.2 Å². The maximum Gasteiger partial charge on any atom is 0.222 e. The number of nitrogens with two attached hydrogens (primary N) is 3. The molecule has 0 aliphatic heterocycles. The van der Waals surface area contributed by atoms with E-state index in [4.69, 9.17) is 45.6 Å². The molecule has 0 aliphatic rings. The van der Waals surface area contributed by atoms with Crippen LogP contribution in [0.25, 0.3) is 0 Å². The fraction of sp³-hybridized carbons (Fsp3) is 0.933. The van der Waals surface area contributed by atoms with E-state index in [9.17, 15) is 14.4 Å². The zero-order valence-electron chi connectivity index (χ0n) is 40.8. The van der Waals surface area contributed by atoms with E-state index in [2.05, 4.69) is 104 Å². The van der Waals surface area contributed by atoms with Gasteiger partial charge in [0, 0.05) is 91.0 Å². The number of carbonyl (C=O) groups excluding carboxylic acids is 3. The average molecular weight is 876 g/mol. The van der Waals surface area contributed by atoms with Crippen LogP contribution in [0.5, 0.6) is 0 Å². The summed E-state index contributed by atoms with van der Waals surface area (Å²) in [4.78, 5) is 39.8. The number of nitrogens with zero attached hydrogens (tertiary/aromatic N) is 1. The first-order chi connectivity index (χ1) is 28.3. The number of nitrogens with one attached hydrogen (secondary N) is 3. The molecule has 16 nitrogen and oxygen atoms in total. The predicted octanol–water partition coefficient (Wildman–Crippen LogP) is 2.94. The van der Waals surface area contributed by atoms with Gasteiger partial charge in [-0.3, -0.25) is 19.3 Å². The highest BCUT2D eigenvalue weighted by Crippen LogP contribution is 2.20. The minimum atomic E-state index is -0.220. The van der Waals surface area contributed by atoms with Crippen LogP contribution in [0.4, 0.5) is 0 Å². The number of carbonyl (C=O) groups is 3. The van der Waals surface area contributed by atoms with Crippen LogP contribution in [-0.2, 0) is 42.8 Å². The first kappa shape index (κ1) is 59.0. The van der Waals surface area contributed by atoms with Crippen LogP contribution >= 0.6 is 0 Å². The number of amides is 3. The molecule has 0 fully saturated rings. The molecule has 9 N–H and O–H groups in total. The second-order valence-electron chi connectivity index (χ2n) is 21.3. The summed E-state index contributed by atoms with van der Waals surface area (Å²) in [5, 5.41) is 8.99. The Labute approximate surface area is 370 Å². The van der Waals surface area contributed by atoms with E-state index in [0.717, 1.165) is 0 Å². The van der Waals surface area contributed by atoms with Crippen LogP contribution in [0.1, 0.15) is 102 Å². The molecule has 0 saturated heterocycles. The summed E-state index contributed by atoms with van der Waals surface area (Å²) in [6.45, 7) is 35.0. The Balaban J connectivity index is 4.78. The predicted molar refractivity (Wildman–Crippen MR) is 244 cm³/mol. The normalized spacial score (nSPS) is 13.2. The SMILES string of the molecule is CC(C)(CN)COCC(C)(C)CNC(=O)CCOCCN(CCOCCC(=O)NCC(C)(C)COCC(C)(C)CN)CCOCCC(=O)NCC(C)(C)COCC(C)(C)CN. The summed E-state index contributed by atoms with van der Waals surface area (Å²) in [5.74, 6) is -0.225. The monoisotopic (exact) mass is 876 g/mol. The molecule has 0 unspecified atom stereocenters. The van der Waals surface area contributed by atoms with Crippen LogP contribution in [0, 0.1) is 32.5 Å². The van der Waals surface area contributed by atoms with Crippen molar-refractivity contribution < 1.29 is 42.8 Å². The molecule has 0 saturated carbocycles. The van der Waals surface area contributed by atoms with Crippen molar-refractivity contribution in [2.45, 2.75) is 102 Å². The van der Waals surface area contributed by atoms with Gasteiger partial charge in [-0.05, 0) is 19.6 Å². The summed E-state index contributed by atoms with van der Waals surface area (Å²) in [6, 6.07) is 0. The maximum absolute atomic E-state index is 12.6. The first-order valence-corrected chi connectivity index (χ1v) is 22.4. The molecule has 0 heterocycles. The number of rotatable bonds is 39. The van der Waals surface area contributed by atoms with Crippen molar-refractivity contribution in [1.82, 2.24) is 20.9 Å². The van der Waals surface area contributed by atoms with Gasteiger partial charge in [-0.2, -0.15) is 0 Å². The quantitative estimate of drug-likeness (QED) is 0.0490. The average Bonchev–Trinajstić information content (AvgIpc) is 3.17. The number of hydrogen-bond acceptors (Lipinski definition) is 13. The zero-order valence-corrected chi connectivity index (χ0v) is 40.8. The molecule has 0 aromatic heterocycles. The highest BCUT2D eigenvalue weighted by Gasteiger charge is 2.25. The van der Waals surface area contributed by atoms with Crippen molar-refractivity contribution in [3.05, 3.63) is 0 Å². The number of hydrogen-bond donors (Lipinski definition) is 6. The lowest BCUT2D eigenvalue weighted by molar-refractivity contribution is -0.123. The van der Waals surface area contributed by atoms with Gasteiger partial charge < -0.3 is 61.6 Å². The molecule has 61 heavy (non-hydrogen) atoms. The smallest absolute Gasteiger partial charge is 0.222 e. The van der Waals surface area contributed by atoms with Crippen LogP contribution in [-0.4, -0.2) is 161 Å². The molecule has 0 radical (unpaired) electrons. The van der Waals surface area contributed by atoms with Crippen molar-refractivity contribution in [1.29, 1.82) is 0 Å². The molecule has 0 rings (SSSR count). The summed E-state index contributed by atoms with van der Waals surface area (Å²) >= 11 is 0. The highest BCUT2D eigenvalue weighted by atomic mass is 16.5. The van der Waals surface area contributed by atoms with Gasteiger partial charge in [-0.1, -0.05) is 83.1 Å². The summed E-state index contributed by atoms with van der Waals surface area (Å²) in [5.41, 5.74) is 16.5. The van der Waals surface area contributed by atoms with Crippen molar-refractivity contribution >= 4 is 17.7 Å². The van der Waals surface area contributed by atoms with Gasteiger partial charge in [0.15, 0.2) is 0 Å². The van der Waals surface area contributed by atoms with Crippen molar-refractivity contribution in [3.8, 4) is 0 Å². The molecule has 0 aromatic rings. The molecule has 0 aromatic carbocycles. The van der Waals surface area contributed by atoms with Crippen molar-refractivity contribution in [2.75, 3.05) is 138 Å². The standard InChI is InChI=1S/C45H93N7O9/c1-40(2,25-46)31-59-34-43(7,8)28-49-37(53)13-19-56-22-16-52(17-23-57-20-14-38(54)50-29-44(9,10)35-60-32-41(3,4)26-47)18-24-58-21-15-39(55)51-30-45(11,12)36-61-33-42(5,6)27-48/h13-36,46-48H2,1-12H3,(H,49,53)(H,50,54)(H,51,55). The van der Waals surface area contributed by atoms with E-state index in [1.807, 2.05) is 0 Å². The van der Waals surface area contributed by atoms with Gasteiger partial charge in [-0.15, -0.1) is 0 Å². The summed E-state index contributed by atoms with van der Waals surface area (Å²) in [6.07, 6.45) is 0.752. The fourth-order valence-corrected chi connectivity index (χ4v) is 5.14. The Bertz CT molecular complexity index is 1060. The topological polar surface area (TPSA) is 224 Å². The third kappa shape index (κ3) is 34.1. The van der Waals surface area contributed by atoms with Gasteiger partial charge >= 0.3 is 0 Å². The van der Waals surface area contributed by atoms with Crippen molar-refractivity contribution in [2.24, 2.45) is 49.7 Å². The van der Waals surface area contributed by atoms with Gasteiger partial charge in [-0.25, -0.2) is 0 Å². The molecular formula is C45H93N7O9. The second kappa shape index (κ2) is 30.2. The van der Waals surface area contributed by atoms with Crippen molar-refractivity contribution in [3.63, 3.8) is 0 Å². The van der Waals surface area contributed by atoms with Crippen LogP contribution in [0.2, 0.25) is 0 Å². The van der Waals surface area contributed by atoms with E-state index in [-0.39, 0.29) is 69.5 Å². The lowest BCUT2D eigenvalue weighted by Crippen LogP contribution is -2.39. The second-order valence-corrected chi connectivity index (χ2v) is 21.3. The van der Waals surface area contributed by atoms with E-state index in [1.165, 1.54) is 0 Å². The minimum absolute atomic E-state index is 0.0750. The van der Waals surface area contributed by atoms with Crippen LogP contribution in [0.3, 0.4) is 0 Å². The Morgan fingerprint density at radius 3 is 0.836 bits per heavy atom. The number of ether oxygens (including phenoxy) is 6. The molecule has 16 heteroatoms. The molecule has 0 aliphatic carbocycles. The van der Waals surface area contributed by atoms with E-state index < -0.39 is 0 Å². The van der Waals surface area contributed by atoms with Crippen LogP contribution in [0.15, 0.2) is 0 Å². The fourth-order valence-electron chi connectivity index (χ4n) is 5.14. The van der Waals surface area contributed by atoms with Gasteiger partial charge in [0.25, 0.3) is 0 Å². The minimum Gasteiger partial charge on any atom is -0.380 e. The first-order valence-electron chi connectivity index (χ1n) is 22.4. The molecule has 0 atom stereocenters. The van der Waals surface area contributed by atoms with Gasteiger partial charge in [0.05, 0.1) is 79.3 Å². The molecule has 3 amide bonds. The summed E-state index contributed by atoms with van der Waals surface area (Å²) in [7, 11) is 0. The Kier molecular flexibility index (Phi) is 29.2. The third-order valence-electron chi connectivity index (χ3n) is 9.98. The van der Waals surface area contributed by atoms with Gasteiger partial charge in [0.1, 0.15) is 0 Å². The lowest BCUT2D eigenvalue weighted by atomic mass is 9.93.